The van der Waals surface area contributed by atoms with E-state index >= 15 is 0 Å². The molecule has 0 fully saturated rings. The first-order valence-corrected chi connectivity index (χ1v) is 7.50. The van der Waals surface area contributed by atoms with Crippen molar-refractivity contribution in [2.75, 3.05) is 0 Å². The minimum Gasteiger partial charge on any atom is -0.471 e. The van der Waals surface area contributed by atoms with Gasteiger partial charge in [0, 0.05) is 10.6 Å². The SMILES string of the molecule is NC(=S)c1cc2c(nc1OCc1cccs1)CCC2. The third-order valence-electron chi connectivity index (χ3n) is 3.21. The molecule has 0 unspecified atom stereocenters. The van der Waals surface area contributed by atoms with Gasteiger partial charge in [-0.15, -0.1) is 11.3 Å². The van der Waals surface area contributed by atoms with Crippen LogP contribution >= 0.6 is 23.6 Å². The van der Waals surface area contributed by atoms with Gasteiger partial charge in [-0.25, -0.2) is 4.98 Å². The van der Waals surface area contributed by atoms with Crippen LogP contribution in [0.25, 0.3) is 0 Å². The Morgan fingerprint density at radius 3 is 3.11 bits per heavy atom. The Morgan fingerprint density at radius 1 is 1.47 bits per heavy atom. The summed E-state index contributed by atoms with van der Waals surface area (Å²) < 4.78 is 5.80. The van der Waals surface area contributed by atoms with Crippen molar-refractivity contribution >= 4 is 28.5 Å². The van der Waals surface area contributed by atoms with Crippen molar-refractivity contribution in [2.24, 2.45) is 5.73 Å². The van der Waals surface area contributed by atoms with Crippen LogP contribution in [0, 0.1) is 0 Å². The van der Waals surface area contributed by atoms with Gasteiger partial charge in [-0.3, -0.25) is 0 Å². The van der Waals surface area contributed by atoms with Gasteiger partial charge in [-0.05, 0) is 42.3 Å². The number of nitrogens with two attached hydrogens (primary N) is 1. The molecule has 0 atom stereocenters. The van der Waals surface area contributed by atoms with E-state index in [2.05, 4.69) is 4.98 Å². The largest absolute Gasteiger partial charge is 0.471 e. The maximum atomic E-state index is 5.80. The van der Waals surface area contributed by atoms with Crippen LogP contribution in [0.15, 0.2) is 23.6 Å². The van der Waals surface area contributed by atoms with Gasteiger partial charge in [0.15, 0.2) is 0 Å². The average Bonchev–Trinajstić information content (AvgIpc) is 3.05. The Bertz CT molecular complexity index is 608. The predicted octanol–water partition coefficient (Wildman–Crippen LogP) is 2.85. The summed E-state index contributed by atoms with van der Waals surface area (Å²) in [5.74, 6) is 0.571. The molecule has 2 aromatic rings. The van der Waals surface area contributed by atoms with E-state index in [1.165, 1.54) is 5.56 Å². The molecule has 0 aromatic carbocycles. The summed E-state index contributed by atoms with van der Waals surface area (Å²) >= 11 is 6.76. The molecule has 0 bridgehead atoms. The molecule has 0 saturated carbocycles. The number of rotatable bonds is 4. The van der Waals surface area contributed by atoms with E-state index in [-0.39, 0.29) is 0 Å². The predicted molar refractivity (Wildman–Crippen MR) is 80.8 cm³/mol. The Morgan fingerprint density at radius 2 is 2.37 bits per heavy atom. The molecule has 0 amide bonds. The molecule has 0 aliphatic heterocycles. The van der Waals surface area contributed by atoms with Crippen LogP contribution in [-0.2, 0) is 19.4 Å². The summed E-state index contributed by atoms with van der Waals surface area (Å²) in [4.78, 5) is 6.10. The highest BCUT2D eigenvalue weighted by atomic mass is 32.1. The first-order chi connectivity index (χ1) is 9.24. The zero-order valence-corrected chi connectivity index (χ0v) is 12.0. The number of pyridine rings is 1. The number of thiophene rings is 1. The number of hydrogen-bond donors (Lipinski definition) is 1. The highest BCUT2D eigenvalue weighted by Gasteiger charge is 2.18. The Hall–Kier alpha value is -1.46. The molecule has 2 aromatic heterocycles. The van der Waals surface area contributed by atoms with Gasteiger partial charge in [0.2, 0.25) is 5.88 Å². The summed E-state index contributed by atoms with van der Waals surface area (Å²) in [6.45, 7) is 0.513. The minimum absolute atomic E-state index is 0.350. The van der Waals surface area contributed by atoms with E-state index < -0.39 is 0 Å². The highest BCUT2D eigenvalue weighted by Crippen LogP contribution is 2.27. The summed E-state index contributed by atoms with van der Waals surface area (Å²) in [7, 11) is 0. The second-order valence-corrected chi connectivity index (χ2v) is 6.00. The van der Waals surface area contributed by atoms with Crippen LogP contribution < -0.4 is 10.5 Å². The van der Waals surface area contributed by atoms with E-state index in [0.717, 1.165) is 35.4 Å². The van der Waals surface area contributed by atoms with Gasteiger partial charge in [0.05, 0.1) is 5.56 Å². The molecule has 5 heteroatoms. The monoisotopic (exact) mass is 290 g/mol. The third kappa shape index (κ3) is 2.62. The van der Waals surface area contributed by atoms with Crippen LogP contribution in [-0.4, -0.2) is 9.97 Å². The Kier molecular flexibility index (Phi) is 3.48. The fourth-order valence-corrected chi connectivity index (χ4v) is 3.04. The van der Waals surface area contributed by atoms with Gasteiger partial charge in [0.1, 0.15) is 11.6 Å². The fraction of sp³-hybridized carbons (Fsp3) is 0.286. The lowest BCUT2D eigenvalue weighted by molar-refractivity contribution is 0.296. The Balaban J connectivity index is 1.88. The number of hydrogen-bond acceptors (Lipinski definition) is 4. The molecule has 2 heterocycles. The fourth-order valence-electron chi connectivity index (χ4n) is 2.27. The molecular formula is C14H14N2OS2. The number of aryl methyl sites for hydroxylation is 2. The zero-order chi connectivity index (χ0) is 13.2. The molecule has 2 N–H and O–H groups in total. The second kappa shape index (κ2) is 5.27. The number of ether oxygens (including phenoxy) is 1. The van der Waals surface area contributed by atoms with Crippen LogP contribution in [0.5, 0.6) is 5.88 Å². The first kappa shape index (κ1) is 12.6. The maximum Gasteiger partial charge on any atom is 0.224 e. The topological polar surface area (TPSA) is 48.1 Å². The van der Waals surface area contributed by atoms with Crippen LogP contribution in [0.3, 0.4) is 0 Å². The second-order valence-electron chi connectivity index (χ2n) is 4.53. The van der Waals surface area contributed by atoms with Gasteiger partial charge >= 0.3 is 0 Å². The lowest BCUT2D eigenvalue weighted by Crippen LogP contribution is -2.14. The lowest BCUT2D eigenvalue weighted by atomic mass is 10.1. The van der Waals surface area contributed by atoms with Crippen molar-refractivity contribution in [1.82, 2.24) is 4.98 Å². The molecular weight excluding hydrogens is 276 g/mol. The summed E-state index contributed by atoms with van der Waals surface area (Å²) in [6.07, 6.45) is 3.22. The van der Waals surface area contributed by atoms with Gasteiger partial charge < -0.3 is 10.5 Å². The van der Waals surface area contributed by atoms with Crippen molar-refractivity contribution < 1.29 is 4.74 Å². The van der Waals surface area contributed by atoms with Gasteiger partial charge in [-0.1, -0.05) is 18.3 Å². The van der Waals surface area contributed by atoms with Crippen molar-refractivity contribution in [2.45, 2.75) is 25.9 Å². The quantitative estimate of drug-likeness (QED) is 0.880. The molecule has 19 heavy (non-hydrogen) atoms. The van der Waals surface area contributed by atoms with Crippen LogP contribution in [0.1, 0.15) is 28.1 Å². The molecule has 0 radical (unpaired) electrons. The smallest absolute Gasteiger partial charge is 0.224 e. The maximum absolute atomic E-state index is 5.80. The normalized spacial score (nSPS) is 13.3. The average molecular weight is 290 g/mol. The molecule has 3 rings (SSSR count). The number of fused-ring (bicyclic) bond motifs is 1. The van der Waals surface area contributed by atoms with E-state index in [1.807, 2.05) is 23.6 Å². The molecule has 98 valence electrons. The zero-order valence-electron chi connectivity index (χ0n) is 10.4. The van der Waals surface area contributed by atoms with E-state index in [9.17, 15) is 0 Å². The standard InChI is InChI=1S/C14H14N2OS2/c15-13(18)11-7-9-3-1-5-12(9)16-14(11)17-8-10-4-2-6-19-10/h2,4,6-7H,1,3,5,8H2,(H2,15,18). The van der Waals surface area contributed by atoms with Crippen molar-refractivity contribution in [3.8, 4) is 5.88 Å². The molecule has 0 spiro atoms. The molecule has 3 nitrogen and oxygen atoms in total. The van der Waals surface area contributed by atoms with Gasteiger partial charge in [-0.2, -0.15) is 0 Å². The summed E-state index contributed by atoms with van der Waals surface area (Å²) in [6, 6.07) is 6.09. The highest BCUT2D eigenvalue weighted by molar-refractivity contribution is 7.80. The van der Waals surface area contributed by atoms with Crippen molar-refractivity contribution in [1.29, 1.82) is 0 Å². The van der Waals surface area contributed by atoms with Crippen LogP contribution in [0.4, 0.5) is 0 Å². The van der Waals surface area contributed by atoms with E-state index in [0.29, 0.717) is 17.5 Å². The Labute approximate surface area is 121 Å². The van der Waals surface area contributed by atoms with Crippen molar-refractivity contribution in [3.63, 3.8) is 0 Å². The third-order valence-corrected chi connectivity index (χ3v) is 4.28. The number of aromatic nitrogens is 1. The van der Waals surface area contributed by atoms with E-state index in [4.69, 9.17) is 22.7 Å². The first-order valence-electron chi connectivity index (χ1n) is 6.22. The minimum atomic E-state index is 0.350. The number of thiocarbonyl (C=S) groups is 1. The van der Waals surface area contributed by atoms with Crippen molar-refractivity contribution in [3.05, 3.63) is 45.3 Å². The molecule has 0 saturated heterocycles. The van der Waals surface area contributed by atoms with Gasteiger partial charge in [0.25, 0.3) is 0 Å². The number of nitrogens with zero attached hydrogens (tertiary/aromatic N) is 1. The summed E-state index contributed by atoms with van der Waals surface area (Å²) in [5, 5.41) is 2.03. The van der Waals surface area contributed by atoms with Crippen LogP contribution in [0.2, 0.25) is 0 Å². The molecule has 1 aliphatic carbocycles. The lowest BCUT2D eigenvalue weighted by Gasteiger charge is -2.11. The van der Waals surface area contributed by atoms with E-state index in [1.54, 1.807) is 11.3 Å². The molecule has 1 aliphatic rings. The summed E-state index contributed by atoms with van der Waals surface area (Å²) in [5.41, 5.74) is 8.91.